The first kappa shape index (κ1) is 17.5. The second-order valence-electron chi connectivity index (χ2n) is 5.28. The van der Waals surface area contributed by atoms with Crippen LogP contribution >= 0.6 is 0 Å². The zero-order valence-electron chi connectivity index (χ0n) is 14.0. The van der Waals surface area contributed by atoms with Crippen LogP contribution in [-0.4, -0.2) is 17.6 Å². The normalized spacial score (nSPS) is 11.4. The van der Waals surface area contributed by atoms with Gasteiger partial charge in [0.05, 0.1) is 6.61 Å². The Balaban J connectivity index is 2.58. The van der Waals surface area contributed by atoms with Gasteiger partial charge in [0.15, 0.2) is 11.5 Å². The van der Waals surface area contributed by atoms with Crippen LogP contribution in [0.5, 0.6) is 0 Å². The molecule has 0 spiro atoms. The molecule has 0 N–H and O–H groups in total. The molecule has 0 amide bonds. The van der Waals surface area contributed by atoms with Gasteiger partial charge in [-0.25, -0.2) is 4.79 Å². The van der Waals surface area contributed by atoms with Crippen molar-refractivity contribution in [2.45, 2.75) is 20.3 Å². The lowest BCUT2D eigenvalue weighted by atomic mass is 10.1. The van der Waals surface area contributed by atoms with Crippen LogP contribution in [0.4, 0.5) is 0 Å². The van der Waals surface area contributed by atoms with E-state index in [1.165, 1.54) is 0 Å². The lowest BCUT2D eigenvalue weighted by Gasteiger charge is -2.17. The lowest BCUT2D eigenvalue weighted by molar-refractivity contribution is -0.132. The Labute approximate surface area is 142 Å². The summed E-state index contributed by atoms with van der Waals surface area (Å²) in [6, 6.07) is 13.1. The van der Waals surface area contributed by atoms with Crippen molar-refractivity contribution >= 4 is 17.5 Å². The van der Waals surface area contributed by atoms with Crippen LogP contribution < -0.4 is 0 Å². The van der Waals surface area contributed by atoms with E-state index < -0.39 is 5.97 Å². The van der Waals surface area contributed by atoms with Crippen LogP contribution in [0.25, 0.3) is 11.5 Å². The van der Waals surface area contributed by atoms with Crippen molar-refractivity contribution in [3.63, 3.8) is 0 Å². The molecular weight excluding hydrogens is 302 g/mol. The van der Waals surface area contributed by atoms with Crippen molar-refractivity contribution in [3.05, 3.63) is 78.1 Å². The van der Waals surface area contributed by atoms with E-state index in [0.717, 1.165) is 17.5 Å². The van der Waals surface area contributed by atoms with Crippen molar-refractivity contribution in [2.75, 3.05) is 6.61 Å². The third kappa shape index (κ3) is 4.56. The first-order valence-corrected chi connectivity index (χ1v) is 7.84. The number of esters is 1. The Morgan fingerprint density at radius 2 is 1.67 bits per heavy atom. The average Bonchev–Trinajstić information content (AvgIpc) is 2.62. The second-order valence-corrected chi connectivity index (χ2v) is 5.28. The van der Waals surface area contributed by atoms with Crippen molar-refractivity contribution in [3.8, 4) is 0 Å². The van der Waals surface area contributed by atoms with Gasteiger partial charge in [-0.15, -0.1) is 0 Å². The summed E-state index contributed by atoms with van der Waals surface area (Å²) in [6.45, 7) is 7.80. The van der Waals surface area contributed by atoms with Crippen LogP contribution in [0.3, 0.4) is 0 Å². The minimum atomic E-state index is -0.486. The molecule has 4 heteroatoms. The largest absolute Gasteiger partial charge is 0.489 e. The number of aromatic nitrogens is 1. The number of nitrogens with zero attached hydrogens (tertiary/aromatic N) is 1. The summed E-state index contributed by atoms with van der Waals surface area (Å²) < 4.78 is 11.5. The summed E-state index contributed by atoms with van der Waals surface area (Å²) >= 11 is 0. The number of pyridine rings is 1. The summed E-state index contributed by atoms with van der Waals surface area (Å²) in [4.78, 5) is 16.1. The van der Waals surface area contributed by atoms with E-state index in [9.17, 15) is 4.79 Å². The molecule has 0 radical (unpaired) electrons. The minimum Gasteiger partial charge on any atom is -0.489 e. The van der Waals surface area contributed by atoms with E-state index in [-0.39, 0.29) is 0 Å². The molecule has 0 aliphatic heterocycles. The summed E-state index contributed by atoms with van der Waals surface area (Å²) in [6.07, 6.45) is 4.19. The van der Waals surface area contributed by atoms with Gasteiger partial charge < -0.3 is 9.47 Å². The number of hydrogen-bond donors (Lipinski definition) is 0. The molecule has 124 valence electrons. The Hall–Kier alpha value is -2.88. The van der Waals surface area contributed by atoms with Gasteiger partial charge in [-0.1, -0.05) is 43.8 Å². The van der Waals surface area contributed by atoms with Gasteiger partial charge in [0.25, 0.3) is 0 Å². The molecule has 0 saturated carbocycles. The van der Waals surface area contributed by atoms with Crippen molar-refractivity contribution in [2.24, 2.45) is 0 Å². The highest BCUT2D eigenvalue weighted by Crippen LogP contribution is 2.29. The molecule has 0 saturated heterocycles. The van der Waals surface area contributed by atoms with E-state index in [1.807, 2.05) is 49.4 Å². The summed E-state index contributed by atoms with van der Waals surface area (Å²) in [5, 5.41) is 0. The fourth-order valence-corrected chi connectivity index (χ4v) is 1.99. The Kier molecular flexibility index (Phi) is 6.32. The quantitative estimate of drug-likeness (QED) is 0.429. The highest BCUT2D eigenvalue weighted by molar-refractivity contribution is 5.95. The van der Waals surface area contributed by atoms with Gasteiger partial charge in [0.2, 0.25) is 0 Å². The Morgan fingerprint density at radius 1 is 1.04 bits per heavy atom. The molecule has 0 fully saturated rings. The SMILES string of the molecule is C=C(C)C(=O)OC(=C(OCCC)c1ccncc1)c1ccccc1. The minimum absolute atomic E-state index is 0.327. The van der Waals surface area contributed by atoms with Crippen LogP contribution in [0.2, 0.25) is 0 Å². The zero-order chi connectivity index (χ0) is 17.4. The lowest BCUT2D eigenvalue weighted by Crippen LogP contribution is -2.08. The maximum Gasteiger partial charge on any atom is 0.338 e. The number of rotatable bonds is 7. The highest BCUT2D eigenvalue weighted by Gasteiger charge is 2.18. The Bertz CT molecular complexity index is 721. The molecule has 0 aliphatic rings. The van der Waals surface area contributed by atoms with Gasteiger partial charge in [-0.3, -0.25) is 4.98 Å². The predicted molar refractivity (Wildman–Crippen MR) is 94.6 cm³/mol. The topological polar surface area (TPSA) is 48.4 Å². The van der Waals surface area contributed by atoms with Gasteiger partial charge in [0, 0.05) is 29.1 Å². The first-order chi connectivity index (χ1) is 11.6. The van der Waals surface area contributed by atoms with Crippen LogP contribution in [-0.2, 0) is 14.3 Å². The van der Waals surface area contributed by atoms with Gasteiger partial charge in [-0.2, -0.15) is 0 Å². The maximum atomic E-state index is 12.1. The predicted octanol–water partition coefficient (Wildman–Crippen LogP) is 4.45. The monoisotopic (exact) mass is 323 g/mol. The summed E-state index contributed by atoms with van der Waals surface area (Å²) in [7, 11) is 0. The molecule has 2 aromatic rings. The Morgan fingerprint density at radius 3 is 2.25 bits per heavy atom. The van der Waals surface area contributed by atoms with E-state index >= 15 is 0 Å². The highest BCUT2D eigenvalue weighted by atomic mass is 16.6. The average molecular weight is 323 g/mol. The first-order valence-electron chi connectivity index (χ1n) is 7.84. The van der Waals surface area contributed by atoms with Crippen molar-refractivity contribution < 1.29 is 14.3 Å². The summed E-state index contributed by atoms with van der Waals surface area (Å²) in [5.41, 5.74) is 1.88. The van der Waals surface area contributed by atoms with Crippen molar-refractivity contribution in [1.29, 1.82) is 0 Å². The zero-order valence-corrected chi connectivity index (χ0v) is 14.0. The molecule has 1 aromatic heterocycles. The second kappa shape index (κ2) is 8.67. The van der Waals surface area contributed by atoms with Gasteiger partial charge >= 0.3 is 5.97 Å². The molecule has 2 rings (SSSR count). The molecule has 0 atom stereocenters. The molecule has 0 aliphatic carbocycles. The van der Waals surface area contributed by atoms with Crippen LogP contribution in [0.15, 0.2) is 67.0 Å². The molecule has 1 heterocycles. The molecular formula is C20H21NO3. The van der Waals surface area contributed by atoms with E-state index in [2.05, 4.69) is 11.6 Å². The molecule has 0 unspecified atom stereocenters. The van der Waals surface area contributed by atoms with Crippen LogP contribution in [0, 0.1) is 0 Å². The third-order valence-corrected chi connectivity index (χ3v) is 3.18. The number of hydrogen-bond acceptors (Lipinski definition) is 4. The molecule has 1 aromatic carbocycles. The molecule has 24 heavy (non-hydrogen) atoms. The van der Waals surface area contributed by atoms with Gasteiger partial charge in [-0.05, 0) is 25.5 Å². The third-order valence-electron chi connectivity index (χ3n) is 3.18. The van der Waals surface area contributed by atoms with Crippen LogP contribution in [0.1, 0.15) is 31.4 Å². The van der Waals surface area contributed by atoms with E-state index in [1.54, 1.807) is 19.3 Å². The standard InChI is InChI=1S/C20H21NO3/c1-4-14-23-18(17-10-12-21-13-11-17)19(24-20(22)15(2)3)16-8-6-5-7-9-16/h5-13H,2,4,14H2,1,3H3. The fraction of sp³-hybridized carbons (Fsp3) is 0.200. The van der Waals surface area contributed by atoms with E-state index in [4.69, 9.17) is 9.47 Å². The smallest absolute Gasteiger partial charge is 0.338 e. The van der Waals surface area contributed by atoms with Crippen molar-refractivity contribution in [1.82, 2.24) is 4.98 Å². The number of carbonyl (C=O) groups is 1. The molecule has 0 bridgehead atoms. The summed E-state index contributed by atoms with van der Waals surface area (Å²) in [5.74, 6) is 0.406. The van der Waals surface area contributed by atoms with Gasteiger partial charge in [0.1, 0.15) is 0 Å². The number of benzene rings is 1. The van der Waals surface area contributed by atoms with E-state index in [0.29, 0.717) is 23.7 Å². The number of ether oxygens (including phenoxy) is 2. The fourth-order valence-electron chi connectivity index (χ4n) is 1.99. The number of carbonyl (C=O) groups excluding carboxylic acids is 1. The molecule has 4 nitrogen and oxygen atoms in total. The maximum absolute atomic E-state index is 12.1.